The molecule has 2 amide bonds. The van der Waals surface area contributed by atoms with Crippen LogP contribution in [0.2, 0.25) is 0 Å². The molecule has 0 aromatic heterocycles. The van der Waals surface area contributed by atoms with Crippen LogP contribution in [0.15, 0.2) is 0 Å². The van der Waals surface area contributed by atoms with Crippen molar-refractivity contribution >= 4 is 12.0 Å². The topological polar surface area (TPSA) is 91.4 Å². The fourth-order valence-corrected chi connectivity index (χ4v) is 1.28. The molecule has 1 aliphatic heterocycles. The first-order valence-corrected chi connectivity index (χ1v) is 4.13. The number of amides is 2. The minimum atomic E-state index is -0.403. The molecule has 0 aromatic rings. The number of guanidine groups is 1. The van der Waals surface area contributed by atoms with Gasteiger partial charge in [0.15, 0.2) is 5.96 Å². The third-order valence-corrected chi connectivity index (χ3v) is 1.89. The van der Waals surface area contributed by atoms with E-state index in [4.69, 9.17) is 15.9 Å². The zero-order valence-electron chi connectivity index (χ0n) is 7.54. The van der Waals surface area contributed by atoms with E-state index in [0.717, 1.165) is 17.7 Å². The highest BCUT2D eigenvalue weighted by molar-refractivity contribution is 5.94. The molecule has 0 radical (unpaired) electrons. The standard InChI is InChI=1S/C7H14N4O2/c1-10-7(12)11(6(8)9)5-3-2-4-13-5/h5H,2-4H2,1H3,(H3,8,9)(H,10,12). The van der Waals surface area contributed by atoms with Crippen molar-refractivity contribution < 1.29 is 9.53 Å². The Labute approximate surface area is 76.5 Å². The number of carbonyl (C=O) groups excluding carboxylic acids is 1. The van der Waals surface area contributed by atoms with Gasteiger partial charge in [-0.25, -0.2) is 9.69 Å². The van der Waals surface area contributed by atoms with Gasteiger partial charge in [-0.3, -0.25) is 5.41 Å². The molecule has 0 spiro atoms. The average molecular weight is 186 g/mol. The maximum atomic E-state index is 11.3. The second-order valence-electron chi connectivity index (χ2n) is 2.78. The van der Waals surface area contributed by atoms with Gasteiger partial charge in [0.05, 0.1) is 0 Å². The second-order valence-corrected chi connectivity index (χ2v) is 2.78. The largest absolute Gasteiger partial charge is 0.370 e. The highest BCUT2D eigenvalue weighted by Crippen LogP contribution is 2.15. The molecule has 0 saturated carbocycles. The maximum absolute atomic E-state index is 11.3. The third kappa shape index (κ3) is 2.09. The van der Waals surface area contributed by atoms with E-state index >= 15 is 0 Å². The predicted molar refractivity (Wildman–Crippen MR) is 47.2 cm³/mol. The molecule has 0 bridgehead atoms. The van der Waals surface area contributed by atoms with Crippen molar-refractivity contribution in [2.24, 2.45) is 5.73 Å². The van der Waals surface area contributed by atoms with Crippen LogP contribution in [-0.2, 0) is 4.74 Å². The van der Waals surface area contributed by atoms with E-state index in [-0.39, 0.29) is 12.2 Å². The van der Waals surface area contributed by atoms with E-state index < -0.39 is 6.03 Å². The highest BCUT2D eigenvalue weighted by Gasteiger charge is 2.28. The fraction of sp³-hybridized carbons (Fsp3) is 0.714. The Morgan fingerprint density at radius 2 is 2.46 bits per heavy atom. The smallest absolute Gasteiger partial charge is 0.326 e. The minimum Gasteiger partial charge on any atom is -0.370 e. The zero-order chi connectivity index (χ0) is 9.84. The van der Waals surface area contributed by atoms with Gasteiger partial charge in [0.25, 0.3) is 0 Å². The summed E-state index contributed by atoms with van der Waals surface area (Å²) in [4.78, 5) is 12.4. The molecule has 1 aliphatic rings. The Kier molecular flexibility index (Phi) is 3.07. The third-order valence-electron chi connectivity index (χ3n) is 1.89. The number of hydrogen-bond donors (Lipinski definition) is 3. The summed E-state index contributed by atoms with van der Waals surface area (Å²) >= 11 is 0. The van der Waals surface area contributed by atoms with Crippen molar-refractivity contribution in [3.8, 4) is 0 Å². The van der Waals surface area contributed by atoms with Crippen LogP contribution in [-0.4, -0.2) is 36.8 Å². The lowest BCUT2D eigenvalue weighted by Crippen LogP contribution is -2.51. The molecule has 0 aliphatic carbocycles. The Hall–Kier alpha value is -1.30. The first kappa shape index (κ1) is 9.79. The van der Waals surface area contributed by atoms with Gasteiger partial charge in [-0.15, -0.1) is 0 Å². The molecule has 1 saturated heterocycles. The van der Waals surface area contributed by atoms with Crippen molar-refractivity contribution in [1.29, 1.82) is 5.41 Å². The summed E-state index contributed by atoms with van der Waals surface area (Å²) in [5, 5.41) is 9.62. The van der Waals surface area contributed by atoms with E-state index in [1.54, 1.807) is 0 Å². The van der Waals surface area contributed by atoms with Gasteiger partial charge in [-0.05, 0) is 12.8 Å². The number of nitrogens with two attached hydrogens (primary N) is 1. The SMILES string of the molecule is CNC(=O)N(C(=N)N)C1CCCO1. The van der Waals surface area contributed by atoms with Crippen molar-refractivity contribution in [2.75, 3.05) is 13.7 Å². The highest BCUT2D eigenvalue weighted by atomic mass is 16.5. The number of ether oxygens (including phenoxy) is 1. The summed E-state index contributed by atoms with van der Waals surface area (Å²) in [5.74, 6) is -0.286. The maximum Gasteiger partial charge on any atom is 0.326 e. The molecule has 1 rings (SSSR count). The van der Waals surface area contributed by atoms with Crippen molar-refractivity contribution in [3.05, 3.63) is 0 Å². The van der Waals surface area contributed by atoms with E-state index in [1.165, 1.54) is 7.05 Å². The van der Waals surface area contributed by atoms with Crippen LogP contribution < -0.4 is 11.1 Å². The van der Waals surface area contributed by atoms with E-state index in [1.807, 2.05) is 0 Å². The molecule has 13 heavy (non-hydrogen) atoms. The first-order valence-electron chi connectivity index (χ1n) is 4.13. The Balaban J connectivity index is 2.66. The van der Waals surface area contributed by atoms with Crippen LogP contribution >= 0.6 is 0 Å². The van der Waals surface area contributed by atoms with Crippen LogP contribution in [0.4, 0.5) is 4.79 Å². The van der Waals surface area contributed by atoms with Gasteiger partial charge in [-0.2, -0.15) is 0 Å². The number of rotatable bonds is 1. The van der Waals surface area contributed by atoms with Gasteiger partial charge in [0.2, 0.25) is 0 Å². The summed E-state index contributed by atoms with van der Waals surface area (Å²) in [6.07, 6.45) is 1.25. The monoisotopic (exact) mass is 186 g/mol. The lowest BCUT2D eigenvalue weighted by molar-refractivity contribution is 0.0366. The number of urea groups is 1. The summed E-state index contributed by atoms with van der Waals surface area (Å²) < 4.78 is 5.24. The second kappa shape index (κ2) is 4.08. The van der Waals surface area contributed by atoms with E-state index in [0.29, 0.717) is 6.61 Å². The molecular weight excluding hydrogens is 172 g/mol. The van der Waals surface area contributed by atoms with Crippen molar-refractivity contribution in [2.45, 2.75) is 19.1 Å². The van der Waals surface area contributed by atoms with Crippen LogP contribution in [0.1, 0.15) is 12.8 Å². The number of nitrogens with one attached hydrogen (secondary N) is 2. The lowest BCUT2D eigenvalue weighted by Gasteiger charge is -2.25. The molecule has 1 heterocycles. The van der Waals surface area contributed by atoms with Crippen LogP contribution in [0, 0.1) is 5.41 Å². The van der Waals surface area contributed by atoms with Crippen LogP contribution in [0.3, 0.4) is 0 Å². The molecular formula is C7H14N4O2. The molecule has 1 unspecified atom stereocenters. The predicted octanol–water partition coefficient (Wildman–Crippen LogP) is -0.342. The van der Waals surface area contributed by atoms with Gasteiger partial charge < -0.3 is 15.8 Å². The minimum absolute atomic E-state index is 0.286. The summed E-state index contributed by atoms with van der Waals surface area (Å²) in [7, 11) is 1.49. The van der Waals surface area contributed by atoms with E-state index in [2.05, 4.69) is 5.32 Å². The quantitative estimate of drug-likeness (QED) is 0.386. The number of hydrogen-bond acceptors (Lipinski definition) is 3. The fourth-order valence-electron chi connectivity index (χ4n) is 1.28. The molecule has 6 heteroatoms. The first-order chi connectivity index (χ1) is 6.16. The molecule has 4 N–H and O–H groups in total. The van der Waals surface area contributed by atoms with Gasteiger partial charge in [0, 0.05) is 13.7 Å². The zero-order valence-corrected chi connectivity index (χ0v) is 7.54. The molecule has 1 atom stereocenters. The van der Waals surface area contributed by atoms with Crippen LogP contribution in [0.25, 0.3) is 0 Å². The van der Waals surface area contributed by atoms with Gasteiger partial charge in [0.1, 0.15) is 6.23 Å². The average Bonchev–Trinajstić information content (AvgIpc) is 2.56. The van der Waals surface area contributed by atoms with Crippen molar-refractivity contribution in [3.63, 3.8) is 0 Å². The van der Waals surface area contributed by atoms with Crippen LogP contribution in [0.5, 0.6) is 0 Å². The Morgan fingerprint density at radius 3 is 2.85 bits per heavy atom. The Bertz CT molecular complexity index is 213. The summed E-state index contributed by atoms with van der Waals surface area (Å²) in [5.41, 5.74) is 5.26. The normalized spacial score (nSPS) is 21.2. The number of nitrogens with zero attached hydrogens (tertiary/aromatic N) is 1. The Morgan fingerprint density at radius 1 is 1.77 bits per heavy atom. The van der Waals surface area contributed by atoms with Crippen molar-refractivity contribution in [1.82, 2.24) is 10.2 Å². The molecule has 0 aromatic carbocycles. The molecule has 6 nitrogen and oxygen atoms in total. The summed E-state index contributed by atoms with van der Waals surface area (Å²) in [6.45, 7) is 0.617. The van der Waals surface area contributed by atoms with Gasteiger partial charge >= 0.3 is 6.03 Å². The van der Waals surface area contributed by atoms with Gasteiger partial charge in [-0.1, -0.05) is 0 Å². The molecule has 1 fully saturated rings. The number of carbonyl (C=O) groups is 1. The molecule has 74 valence electrons. The lowest BCUT2D eigenvalue weighted by atomic mass is 10.3. The summed E-state index contributed by atoms with van der Waals surface area (Å²) in [6, 6.07) is -0.403. The van der Waals surface area contributed by atoms with E-state index in [9.17, 15) is 4.79 Å².